The molecule has 5 rings (SSSR count). The standard InChI is InChI=1S/C38H48O6/c1-4-43-36(41)32(37(42)44-5-2)22-26-14-12-25(13-15-26)10-8-6-7-9-11-27-23-28-24-29(39)16-17-30(28)31-20-21-38(3)33(35(27)31)18-19-34(38)40/h12-17,24,27,31-35,39-40H,4-7,9,11,18-23H2,1-3H3/t27-,31-,33+,34+,35-,38+/m1/s1. The maximum atomic E-state index is 12.3. The van der Waals surface area contributed by atoms with Gasteiger partial charge in [0.15, 0.2) is 5.92 Å². The van der Waals surface area contributed by atoms with Gasteiger partial charge < -0.3 is 19.7 Å². The van der Waals surface area contributed by atoms with Gasteiger partial charge in [0.2, 0.25) is 0 Å². The molecular formula is C38H48O6. The molecule has 6 atom stereocenters. The van der Waals surface area contributed by atoms with Crippen molar-refractivity contribution in [1.29, 1.82) is 0 Å². The Kier molecular flexibility index (Phi) is 10.4. The second-order valence-electron chi connectivity index (χ2n) is 13.3. The molecule has 0 radical (unpaired) electrons. The summed E-state index contributed by atoms with van der Waals surface area (Å²) in [6.45, 7) is 6.20. The molecule has 3 aliphatic carbocycles. The summed E-state index contributed by atoms with van der Waals surface area (Å²) in [6.07, 6.45) is 9.45. The largest absolute Gasteiger partial charge is 0.508 e. The first-order valence-corrected chi connectivity index (χ1v) is 16.7. The molecule has 2 aromatic carbocycles. The van der Waals surface area contributed by atoms with Gasteiger partial charge in [0.25, 0.3) is 0 Å². The first-order valence-electron chi connectivity index (χ1n) is 16.7. The van der Waals surface area contributed by atoms with Crippen molar-refractivity contribution in [2.24, 2.45) is 29.1 Å². The molecule has 0 unspecified atom stereocenters. The summed E-state index contributed by atoms with van der Waals surface area (Å²) in [7, 11) is 0. The number of esters is 2. The maximum absolute atomic E-state index is 12.3. The van der Waals surface area contributed by atoms with Gasteiger partial charge in [0.1, 0.15) is 5.75 Å². The summed E-state index contributed by atoms with van der Waals surface area (Å²) in [5.41, 5.74) is 4.55. The van der Waals surface area contributed by atoms with E-state index in [9.17, 15) is 19.8 Å². The second kappa shape index (κ2) is 14.2. The summed E-state index contributed by atoms with van der Waals surface area (Å²) >= 11 is 0. The van der Waals surface area contributed by atoms with E-state index in [0.29, 0.717) is 29.4 Å². The zero-order valence-corrected chi connectivity index (χ0v) is 26.5. The molecule has 0 saturated heterocycles. The molecule has 0 aromatic heterocycles. The average molecular weight is 601 g/mol. The van der Waals surface area contributed by atoms with Crippen LogP contribution in [0.15, 0.2) is 42.5 Å². The minimum Gasteiger partial charge on any atom is -0.508 e. The molecule has 0 spiro atoms. The van der Waals surface area contributed by atoms with E-state index in [2.05, 4.69) is 24.8 Å². The molecule has 0 bridgehead atoms. The van der Waals surface area contributed by atoms with Crippen LogP contribution in [0.3, 0.4) is 0 Å². The molecule has 2 N–H and O–H groups in total. The van der Waals surface area contributed by atoms with E-state index >= 15 is 0 Å². The van der Waals surface area contributed by atoms with Crippen LogP contribution in [0.1, 0.15) is 100 Å². The molecule has 0 amide bonds. The van der Waals surface area contributed by atoms with Gasteiger partial charge in [-0.05, 0) is 135 Å². The first kappa shape index (κ1) is 32.1. The van der Waals surface area contributed by atoms with Crippen LogP contribution in [-0.4, -0.2) is 41.5 Å². The van der Waals surface area contributed by atoms with E-state index in [-0.39, 0.29) is 31.2 Å². The lowest BCUT2D eigenvalue weighted by molar-refractivity contribution is -0.161. The normalized spacial score (nSPS) is 27.0. The maximum Gasteiger partial charge on any atom is 0.320 e. The van der Waals surface area contributed by atoms with Crippen molar-refractivity contribution in [2.45, 2.75) is 97.0 Å². The zero-order valence-electron chi connectivity index (χ0n) is 26.5. The van der Waals surface area contributed by atoms with E-state index in [0.717, 1.165) is 68.9 Å². The summed E-state index contributed by atoms with van der Waals surface area (Å²) in [5, 5.41) is 21.1. The molecule has 6 heteroatoms. The third kappa shape index (κ3) is 6.84. The van der Waals surface area contributed by atoms with Crippen molar-refractivity contribution in [3.63, 3.8) is 0 Å². The van der Waals surface area contributed by atoms with Gasteiger partial charge in [-0.3, -0.25) is 9.59 Å². The van der Waals surface area contributed by atoms with Gasteiger partial charge in [0.05, 0.1) is 19.3 Å². The summed E-state index contributed by atoms with van der Waals surface area (Å²) < 4.78 is 10.2. The van der Waals surface area contributed by atoms with Crippen molar-refractivity contribution in [2.75, 3.05) is 13.2 Å². The lowest BCUT2D eigenvalue weighted by Crippen LogP contribution is -2.47. The number of aliphatic hydroxyl groups excluding tert-OH is 1. The molecule has 2 fully saturated rings. The number of carbonyl (C=O) groups excluding carboxylic acids is 2. The third-order valence-electron chi connectivity index (χ3n) is 10.7. The Hall–Kier alpha value is -3.30. The number of hydrogen-bond donors (Lipinski definition) is 2. The molecule has 2 saturated carbocycles. The molecule has 0 aliphatic heterocycles. The van der Waals surface area contributed by atoms with Crippen LogP contribution < -0.4 is 0 Å². The van der Waals surface area contributed by atoms with E-state index in [1.54, 1.807) is 13.8 Å². The fourth-order valence-corrected chi connectivity index (χ4v) is 8.52. The van der Waals surface area contributed by atoms with Crippen LogP contribution in [-0.2, 0) is 31.9 Å². The van der Waals surface area contributed by atoms with Crippen molar-refractivity contribution in [3.05, 3.63) is 64.7 Å². The van der Waals surface area contributed by atoms with E-state index in [4.69, 9.17) is 9.47 Å². The van der Waals surface area contributed by atoms with Crippen LogP contribution in [0.5, 0.6) is 5.75 Å². The van der Waals surface area contributed by atoms with Crippen molar-refractivity contribution < 1.29 is 29.3 Å². The lowest BCUT2D eigenvalue weighted by atomic mass is 9.52. The Morgan fingerprint density at radius 2 is 1.73 bits per heavy atom. The fraction of sp³-hybridized carbons (Fsp3) is 0.579. The highest BCUT2D eigenvalue weighted by Crippen LogP contribution is 2.62. The number of fused-ring (bicyclic) bond motifs is 5. The highest BCUT2D eigenvalue weighted by Gasteiger charge is 2.56. The van der Waals surface area contributed by atoms with Gasteiger partial charge in [-0.1, -0.05) is 43.4 Å². The number of rotatable bonds is 10. The number of phenolic OH excluding ortho intramolecular Hbond substituents is 1. The highest BCUT2D eigenvalue weighted by molar-refractivity contribution is 5.95. The molecular weight excluding hydrogens is 552 g/mol. The SMILES string of the molecule is CCOC(=O)C(Cc1ccc(C#CCCCC[C@@H]2Cc3cc(O)ccc3[C@H]3CC[C@]4(C)[C@@H](O)CC[C@H]4[C@H]23)cc1)C(=O)OCC. The van der Waals surface area contributed by atoms with Crippen molar-refractivity contribution in [1.82, 2.24) is 0 Å². The van der Waals surface area contributed by atoms with Gasteiger partial charge in [-0.25, -0.2) is 0 Å². The van der Waals surface area contributed by atoms with E-state index in [1.807, 2.05) is 36.4 Å². The number of hydrogen-bond acceptors (Lipinski definition) is 6. The number of unbranched alkanes of at least 4 members (excludes halogenated alkanes) is 2. The number of benzene rings is 2. The van der Waals surface area contributed by atoms with Crippen molar-refractivity contribution >= 4 is 11.9 Å². The third-order valence-corrected chi connectivity index (χ3v) is 10.7. The molecule has 44 heavy (non-hydrogen) atoms. The summed E-state index contributed by atoms with van der Waals surface area (Å²) in [5.74, 6) is 7.14. The molecule has 236 valence electrons. The van der Waals surface area contributed by atoms with E-state index < -0.39 is 17.9 Å². The average Bonchev–Trinajstić information content (AvgIpc) is 3.31. The second-order valence-corrected chi connectivity index (χ2v) is 13.3. The topological polar surface area (TPSA) is 93.1 Å². The quantitative estimate of drug-likeness (QED) is 0.136. The zero-order chi connectivity index (χ0) is 31.3. The van der Waals surface area contributed by atoms with Crippen LogP contribution in [0.25, 0.3) is 0 Å². The molecule has 0 heterocycles. The Balaban J connectivity index is 1.16. The Morgan fingerprint density at radius 3 is 2.43 bits per heavy atom. The summed E-state index contributed by atoms with van der Waals surface area (Å²) in [4.78, 5) is 24.6. The van der Waals surface area contributed by atoms with E-state index in [1.165, 1.54) is 11.1 Å². The highest BCUT2D eigenvalue weighted by atomic mass is 16.6. The van der Waals surface area contributed by atoms with Gasteiger partial charge in [-0.15, -0.1) is 0 Å². The Morgan fingerprint density at radius 1 is 1.00 bits per heavy atom. The predicted molar refractivity (Wildman–Crippen MR) is 170 cm³/mol. The Bertz CT molecular complexity index is 1350. The first-order chi connectivity index (χ1) is 21.2. The fourth-order valence-electron chi connectivity index (χ4n) is 8.52. The lowest BCUT2D eigenvalue weighted by Gasteiger charge is -2.53. The molecule has 6 nitrogen and oxygen atoms in total. The number of ether oxygens (including phenoxy) is 2. The van der Waals surface area contributed by atoms with Gasteiger partial charge in [0, 0.05) is 12.0 Å². The van der Waals surface area contributed by atoms with Gasteiger partial charge in [-0.2, -0.15) is 0 Å². The number of aliphatic hydroxyl groups is 1. The van der Waals surface area contributed by atoms with Crippen molar-refractivity contribution in [3.8, 4) is 17.6 Å². The molecule has 3 aliphatic rings. The predicted octanol–water partition coefficient (Wildman–Crippen LogP) is 6.73. The van der Waals surface area contributed by atoms with Gasteiger partial charge >= 0.3 is 11.9 Å². The van der Waals surface area contributed by atoms with Crippen LogP contribution in [0.4, 0.5) is 0 Å². The number of phenols is 1. The van der Waals surface area contributed by atoms with Crippen LogP contribution in [0, 0.1) is 40.9 Å². The minimum atomic E-state index is -0.966. The smallest absolute Gasteiger partial charge is 0.320 e. The number of aromatic hydroxyl groups is 1. The molecule has 2 aromatic rings. The Labute approximate surface area is 262 Å². The van der Waals surface area contributed by atoms with Crippen LogP contribution >= 0.6 is 0 Å². The number of carbonyl (C=O) groups is 2. The minimum absolute atomic E-state index is 0.0351. The van der Waals surface area contributed by atoms with Crippen LogP contribution in [0.2, 0.25) is 0 Å². The summed E-state index contributed by atoms with van der Waals surface area (Å²) in [6, 6.07) is 13.7. The monoisotopic (exact) mass is 600 g/mol.